The molecule has 0 N–H and O–H groups in total. The van der Waals surface area contributed by atoms with Crippen molar-refractivity contribution in [3.8, 4) is 22.8 Å². The molecule has 0 atom stereocenters. The van der Waals surface area contributed by atoms with Crippen LogP contribution in [0.25, 0.3) is 22.8 Å². The lowest BCUT2D eigenvalue weighted by atomic mass is 10.1. The summed E-state index contributed by atoms with van der Waals surface area (Å²) in [7, 11) is 0. The Balaban J connectivity index is 1.42. The molecule has 4 aromatic heterocycles. The SMILES string of the molecule is Cc1ccnc(-c2cc(CSCc3ccnc(-c4cc(C)ccn4)c3)ccn2)c1. The predicted octanol–water partition coefficient (Wildman–Crippen LogP) is 5.65. The van der Waals surface area contributed by atoms with Crippen molar-refractivity contribution < 1.29 is 0 Å². The van der Waals surface area contributed by atoms with Crippen LogP contribution in [0.1, 0.15) is 22.3 Å². The molecule has 0 spiro atoms. The number of thioether (sulfide) groups is 1. The first-order valence-electron chi connectivity index (χ1n) is 9.51. The van der Waals surface area contributed by atoms with E-state index >= 15 is 0 Å². The maximum Gasteiger partial charge on any atom is 0.0889 e. The number of rotatable bonds is 6. The summed E-state index contributed by atoms with van der Waals surface area (Å²) in [6.07, 6.45) is 7.39. The molecule has 0 aromatic carbocycles. The molecule has 144 valence electrons. The van der Waals surface area contributed by atoms with Crippen molar-refractivity contribution in [3.05, 3.63) is 95.6 Å². The van der Waals surface area contributed by atoms with E-state index in [4.69, 9.17) is 0 Å². The first-order valence-corrected chi connectivity index (χ1v) is 10.7. The normalized spacial score (nSPS) is 10.8. The highest BCUT2D eigenvalue weighted by molar-refractivity contribution is 7.97. The third kappa shape index (κ3) is 5.06. The molecule has 0 radical (unpaired) electrons. The fourth-order valence-electron chi connectivity index (χ4n) is 3.05. The second kappa shape index (κ2) is 8.97. The van der Waals surface area contributed by atoms with Crippen LogP contribution in [0.2, 0.25) is 0 Å². The van der Waals surface area contributed by atoms with Crippen molar-refractivity contribution in [3.63, 3.8) is 0 Å². The van der Waals surface area contributed by atoms with Crippen molar-refractivity contribution >= 4 is 11.8 Å². The standard InChI is InChI=1S/C24H22N4S/c1-17-3-7-25-21(11-17)23-13-19(5-9-27-23)15-29-16-20-6-10-28-24(14-20)22-12-18(2)4-8-26-22/h3-14H,15-16H2,1-2H3. The van der Waals surface area contributed by atoms with Gasteiger partial charge in [-0.15, -0.1) is 0 Å². The number of pyridine rings is 4. The number of aryl methyl sites for hydroxylation is 2. The smallest absolute Gasteiger partial charge is 0.0889 e. The minimum Gasteiger partial charge on any atom is -0.255 e. The maximum atomic E-state index is 4.48. The minimum atomic E-state index is 0.918. The van der Waals surface area contributed by atoms with Crippen molar-refractivity contribution in [1.82, 2.24) is 19.9 Å². The molecule has 0 fully saturated rings. The van der Waals surface area contributed by atoms with E-state index in [2.05, 4.69) is 70.2 Å². The van der Waals surface area contributed by atoms with Crippen LogP contribution in [0.4, 0.5) is 0 Å². The van der Waals surface area contributed by atoms with E-state index in [1.165, 1.54) is 22.3 Å². The van der Waals surface area contributed by atoms with E-state index in [0.717, 1.165) is 34.3 Å². The quantitative estimate of drug-likeness (QED) is 0.420. The Bertz CT molecular complexity index is 1040. The number of aromatic nitrogens is 4. The summed E-state index contributed by atoms with van der Waals surface area (Å²) in [5, 5.41) is 0. The summed E-state index contributed by atoms with van der Waals surface area (Å²) in [5.41, 5.74) is 8.55. The van der Waals surface area contributed by atoms with Crippen LogP contribution in [-0.2, 0) is 11.5 Å². The zero-order chi connectivity index (χ0) is 20.1. The Labute approximate surface area is 175 Å². The Morgan fingerprint density at radius 2 is 0.931 bits per heavy atom. The highest BCUT2D eigenvalue weighted by Gasteiger charge is 2.05. The van der Waals surface area contributed by atoms with Crippen LogP contribution in [0, 0.1) is 13.8 Å². The van der Waals surface area contributed by atoms with E-state index in [1.807, 2.05) is 48.7 Å². The van der Waals surface area contributed by atoms with Gasteiger partial charge < -0.3 is 0 Å². The van der Waals surface area contributed by atoms with Gasteiger partial charge in [-0.05, 0) is 84.6 Å². The third-order valence-electron chi connectivity index (χ3n) is 4.54. The van der Waals surface area contributed by atoms with Gasteiger partial charge in [0, 0.05) is 36.3 Å². The molecule has 0 amide bonds. The largest absolute Gasteiger partial charge is 0.255 e. The summed E-state index contributed by atoms with van der Waals surface area (Å²) < 4.78 is 0. The molecule has 4 rings (SSSR count). The summed E-state index contributed by atoms with van der Waals surface area (Å²) in [5.74, 6) is 1.84. The molecule has 0 saturated heterocycles. The lowest BCUT2D eigenvalue weighted by Crippen LogP contribution is -1.92. The van der Waals surface area contributed by atoms with E-state index in [0.29, 0.717) is 0 Å². The molecule has 0 aliphatic rings. The van der Waals surface area contributed by atoms with E-state index in [1.54, 1.807) is 0 Å². The first-order chi connectivity index (χ1) is 14.2. The minimum absolute atomic E-state index is 0.918. The molecule has 0 aliphatic heterocycles. The van der Waals surface area contributed by atoms with Crippen LogP contribution < -0.4 is 0 Å². The Morgan fingerprint density at radius 3 is 1.34 bits per heavy atom. The lowest BCUT2D eigenvalue weighted by Gasteiger charge is -2.07. The van der Waals surface area contributed by atoms with Crippen LogP contribution in [-0.4, -0.2) is 19.9 Å². The third-order valence-corrected chi connectivity index (χ3v) is 5.62. The van der Waals surface area contributed by atoms with E-state index < -0.39 is 0 Å². The van der Waals surface area contributed by atoms with Gasteiger partial charge in [0.1, 0.15) is 0 Å². The predicted molar refractivity (Wildman–Crippen MR) is 119 cm³/mol. The summed E-state index contributed by atoms with van der Waals surface area (Å²) in [4.78, 5) is 17.8. The number of hydrogen-bond donors (Lipinski definition) is 0. The zero-order valence-corrected chi connectivity index (χ0v) is 17.4. The van der Waals surface area contributed by atoms with Gasteiger partial charge in [-0.1, -0.05) is 0 Å². The molecule has 4 nitrogen and oxygen atoms in total. The molecule has 0 saturated carbocycles. The van der Waals surface area contributed by atoms with E-state index in [-0.39, 0.29) is 0 Å². The van der Waals surface area contributed by atoms with Crippen molar-refractivity contribution in [2.45, 2.75) is 25.4 Å². The van der Waals surface area contributed by atoms with Crippen LogP contribution in [0.15, 0.2) is 73.3 Å². The second-order valence-corrected chi connectivity index (χ2v) is 8.01. The van der Waals surface area contributed by atoms with Gasteiger partial charge in [0.05, 0.1) is 22.8 Å². The lowest BCUT2D eigenvalue weighted by molar-refractivity contribution is 1.20. The maximum absolute atomic E-state index is 4.48. The fraction of sp³-hybridized carbons (Fsp3) is 0.167. The number of hydrogen-bond acceptors (Lipinski definition) is 5. The van der Waals surface area contributed by atoms with Crippen molar-refractivity contribution in [2.24, 2.45) is 0 Å². The Hall–Kier alpha value is -3.05. The fourth-order valence-corrected chi connectivity index (χ4v) is 3.98. The molecular formula is C24H22N4S. The molecule has 0 unspecified atom stereocenters. The van der Waals surface area contributed by atoms with Gasteiger partial charge >= 0.3 is 0 Å². The molecular weight excluding hydrogens is 376 g/mol. The molecule has 0 aliphatic carbocycles. The topological polar surface area (TPSA) is 51.6 Å². The van der Waals surface area contributed by atoms with Gasteiger partial charge in [-0.2, -0.15) is 11.8 Å². The molecule has 0 bridgehead atoms. The average Bonchev–Trinajstić information content (AvgIpc) is 2.74. The second-order valence-electron chi connectivity index (χ2n) is 7.03. The first kappa shape index (κ1) is 19.3. The Kier molecular flexibility index (Phi) is 5.96. The van der Waals surface area contributed by atoms with Gasteiger partial charge in [-0.25, -0.2) is 0 Å². The zero-order valence-electron chi connectivity index (χ0n) is 16.5. The Morgan fingerprint density at radius 1 is 0.552 bits per heavy atom. The molecule has 5 heteroatoms. The van der Waals surface area contributed by atoms with Gasteiger partial charge in [-0.3, -0.25) is 19.9 Å². The number of nitrogens with zero attached hydrogens (tertiary/aromatic N) is 4. The summed E-state index contributed by atoms with van der Waals surface area (Å²) in [6.45, 7) is 4.14. The average molecular weight is 399 g/mol. The van der Waals surface area contributed by atoms with Crippen LogP contribution in [0.3, 0.4) is 0 Å². The molecule has 4 aromatic rings. The van der Waals surface area contributed by atoms with Crippen molar-refractivity contribution in [2.75, 3.05) is 0 Å². The van der Waals surface area contributed by atoms with Crippen LogP contribution >= 0.6 is 11.8 Å². The van der Waals surface area contributed by atoms with Gasteiger partial charge in [0.25, 0.3) is 0 Å². The highest BCUT2D eigenvalue weighted by atomic mass is 32.2. The van der Waals surface area contributed by atoms with E-state index in [9.17, 15) is 0 Å². The van der Waals surface area contributed by atoms with Crippen LogP contribution in [0.5, 0.6) is 0 Å². The monoisotopic (exact) mass is 398 g/mol. The summed E-state index contributed by atoms with van der Waals surface area (Å²) in [6, 6.07) is 16.5. The molecule has 29 heavy (non-hydrogen) atoms. The molecule has 4 heterocycles. The van der Waals surface area contributed by atoms with Gasteiger partial charge in [0.15, 0.2) is 0 Å². The highest BCUT2D eigenvalue weighted by Crippen LogP contribution is 2.23. The summed E-state index contributed by atoms with van der Waals surface area (Å²) >= 11 is 1.88. The van der Waals surface area contributed by atoms with Gasteiger partial charge in [0.2, 0.25) is 0 Å². The van der Waals surface area contributed by atoms with Crippen molar-refractivity contribution in [1.29, 1.82) is 0 Å².